The van der Waals surface area contributed by atoms with Gasteiger partial charge >= 0.3 is 0 Å². The summed E-state index contributed by atoms with van der Waals surface area (Å²) in [5.74, 6) is -1.38. The molecule has 5 nitrogen and oxygen atoms in total. The molecule has 0 saturated heterocycles. The second kappa shape index (κ2) is 7.89. The highest BCUT2D eigenvalue weighted by atomic mass is 35.5. The maximum Gasteiger partial charge on any atom is 0.233 e. The molecule has 2 aromatic rings. The van der Waals surface area contributed by atoms with Crippen molar-refractivity contribution in [3.63, 3.8) is 0 Å². The van der Waals surface area contributed by atoms with Crippen molar-refractivity contribution in [3.8, 4) is 0 Å². The summed E-state index contributed by atoms with van der Waals surface area (Å²) in [5, 5.41) is 3.32. The molecule has 2 N–H and O–H groups in total. The molecule has 0 aromatic heterocycles. The van der Waals surface area contributed by atoms with Gasteiger partial charge in [-0.1, -0.05) is 36.2 Å². The third-order valence-electron chi connectivity index (χ3n) is 3.69. The van der Waals surface area contributed by atoms with Crippen LogP contribution in [0.3, 0.4) is 0 Å². The number of nitrogens with one attached hydrogen (secondary N) is 2. The lowest BCUT2D eigenvalue weighted by atomic mass is 10.1. The molecule has 1 unspecified atom stereocenters. The Hall–Kier alpha value is -2.05. The van der Waals surface area contributed by atoms with E-state index in [0.29, 0.717) is 16.4 Å². The van der Waals surface area contributed by atoms with Crippen molar-refractivity contribution >= 4 is 38.9 Å². The van der Waals surface area contributed by atoms with Crippen molar-refractivity contribution in [1.82, 2.24) is 0 Å². The minimum absolute atomic E-state index is 0.306. The zero-order chi connectivity index (χ0) is 18.6. The van der Waals surface area contributed by atoms with Crippen molar-refractivity contribution in [2.45, 2.75) is 20.8 Å². The number of carbonyl (C=O) groups excluding carboxylic acids is 1. The fourth-order valence-corrected chi connectivity index (χ4v) is 3.89. The van der Waals surface area contributed by atoms with Gasteiger partial charge in [-0.2, -0.15) is 0 Å². The lowest BCUT2D eigenvalue weighted by Crippen LogP contribution is -2.30. The molecule has 134 valence electrons. The van der Waals surface area contributed by atoms with E-state index in [0.717, 1.165) is 11.1 Å². The SMILES string of the molecule is Cc1ccc(NS(=O)(=O)CC(C)C(=O)Nc2ccc(Cl)cc2C)cc1. The summed E-state index contributed by atoms with van der Waals surface area (Å²) >= 11 is 5.89. The number of aryl methyl sites for hydroxylation is 2. The van der Waals surface area contributed by atoms with Gasteiger partial charge in [0, 0.05) is 16.4 Å². The quantitative estimate of drug-likeness (QED) is 0.796. The maximum atomic E-state index is 12.3. The van der Waals surface area contributed by atoms with E-state index in [1.807, 2.05) is 26.0 Å². The molecular weight excluding hydrogens is 360 g/mol. The van der Waals surface area contributed by atoms with Crippen LogP contribution in [0.4, 0.5) is 11.4 Å². The van der Waals surface area contributed by atoms with Crippen LogP contribution in [-0.2, 0) is 14.8 Å². The zero-order valence-electron chi connectivity index (χ0n) is 14.3. The Balaban J connectivity index is 2.00. The summed E-state index contributed by atoms with van der Waals surface area (Å²) in [5.41, 5.74) is 2.94. The van der Waals surface area contributed by atoms with Gasteiger partial charge < -0.3 is 5.32 Å². The summed E-state index contributed by atoms with van der Waals surface area (Å²) in [6.07, 6.45) is 0. The average molecular weight is 381 g/mol. The molecule has 0 bridgehead atoms. The molecule has 7 heteroatoms. The average Bonchev–Trinajstić information content (AvgIpc) is 2.51. The minimum Gasteiger partial charge on any atom is -0.326 e. The first-order valence-corrected chi connectivity index (χ1v) is 9.83. The van der Waals surface area contributed by atoms with Crippen molar-refractivity contribution in [3.05, 3.63) is 58.6 Å². The second-order valence-corrected chi connectivity index (χ2v) is 8.30. The van der Waals surface area contributed by atoms with Crippen LogP contribution in [0.1, 0.15) is 18.1 Å². The van der Waals surface area contributed by atoms with Crippen molar-refractivity contribution in [2.75, 3.05) is 15.8 Å². The van der Waals surface area contributed by atoms with Gasteiger partial charge in [-0.3, -0.25) is 9.52 Å². The van der Waals surface area contributed by atoms with Gasteiger partial charge in [0.25, 0.3) is 0 Å². The molecule has 0 radical (unpaired) electrons. The molecule has 2 rings (SSSR count). The van der Waals surface area contributed by atoms with Crippen molar-refractivity contribution < 1.29 is 13.2 Å². The third-order valence-corrected chi connectivity index (χ3v) is 5.41. The molecule has 25 heavy (non-hydrogen) atoms. The molecule has 0 fully saturated rings. The van der Waals surface area contributed by atoms with Crippen molar-refractivity contribution in [1.29, 1.82) is 0 Å². The third kappa shape index (κ3) is 5.76. The number of halogens is 1. The summed E-state index contributed by atoms with van der Waals surface area (Å²) in [7, 11) is -3.63. The van der Waals surface area contributed by atoms with Crippen LogP contribution in [0.5, 0.6) is 0 Å². The number of amides is 1. The van der Waals surface area contributed by atoms with Gasteiger partial charge in [0.15, 0.2) is 0 Å². The van der Waals surface area contributed by atoms with E-state index in [1.165, 1.54) is 0 Å². The lowest BCUT2D eigenvalue weighted by molar-refractivity contribution is -0.118. The molecule has 1 amide bonds. The zero-order valence-corrected chi connectivity index (χ0v) is 15.9. The highest BCUT2D eigenvalue weighted by Crippen LogP contribution is 2.20. The summed E-state index contributed by atoms with van der Waals surface area (Å²) in [6.45, 7) is 5.32. The Labute approximate surface area is 153 Å². The van der Waals surface area contributed by atoms with E-state index in [4.69, 9.17) is 11.6 Å². The number of hydrogen-bond acceptors (Lipinski definition) is 3. The van der Waals surface area contributed by atoms with E-state index in [1.54, 1.807) is 37.3 Å². The van der Waals surface area contributed by atoms with Gasteiger partial charge in [-0.25, -0.2) is 8.42 Å². The molecule has 2 aromatic carbocycles. The van der Waals surface area contributed by atoms with E-state index in [9.17, 15) is 13.2 Å². The minimum atomic E-state index is -3.63. The number of carbonyl (C=O) groups is 1. The molecule has 0 heterocycles. The molecular formula is C18H21ClN2O3S. The van der Waals surface area contributed by atoms with E-state index >= 15 is 0 Å². The molecule has 0 aliphatic rings. The Morgan fingerprint density at radius 1 is 1.12 bits per heavy atom. The lowest BCUT2D eigenvalue weighted by Gasteiger charge is -2.15. The van der Waals surface area contributed by atoms with E-state index in [-0.39, 0.29) is 11.7 Å². The van der Waals surface area contributed by atoms with E-state index in [2.05, 4.69) is 10.0 Å². The normalized spacial score (nSPS) is 12.5. The monoisotopic (exact) mass is 380 g/mol. The van der Waals surface area contributed by atoms with Crippen molar-refractivity contribution in [2.24, 2.45) is 5.92 Å². The van der Waals surface area contributed by atoms with Gasteiger partial charge in [0.2, 0.25) is 15.9 Å². The fraction of sp³-hybridized carbons (Fsp3) is 0.278. The number of anilines is 2. The molecule has 0 aliphatic carbocycles. The highest BCUT2D eigenvalue weighted by Gasteiger charge is 2.22. The predicted octanol–water partition coefficient (Wildman–Crippen LogP) is 3.97. The standard InChI is InChI=1S/C18H21ClN2O3S/c1-12-4-7-16(8-5-12)21-25(23,24)11-14(3)18(22)20-17-9-6-15(19)10-13(17)2/h4-10,14,21H,11H2,1-3H3,(H,20,22). The van der Waals surface area contributed by atoms with Gasteiger partial charge in [-0.05, 0) is 49.7 Å². The number of hydrogen-bond donors (Lipinski definition) is 2. The molecule has 0 spiro atoms. The Morgan fingerprint density at radius 2 is 1.76 bits per heavy atom. The second-order valence-electron chi connectivity index (χ2n) is 6.10. The first kappa shape index (κ1) is 19.3. The summed E-state index contributed by atoms with van der Waals surface area (Å²) in [6, 6.07) is 12.1. The molecule has 0 aliphatic heterocycles. The Morgan fingerprint density at radius 3 is 2.36 bits per heavy atom. The smallest absolute Gasteiger partial charge is 0.233 e. The topological polar surface area (TPSA) is 75.3 Å². The predicted molar refractivity (Wildman–Crippen MR) is 103 cm³/mol. The first-order chi connectivity index (χ1) is 11.7. The fourth-order valence-electron chi connectivity index (χ4n) is 2.27. The van der Waals surface area contributed by atoms with Crippen LogP contribution in [0, 0.1) is 19.8 Å². The largest absolute Gasteiger partial charge is 0.326 e. The van der Waals surface area contributed by atoms with Crippen LogP contribution in [0.2, 0.25) is 5.02 Å². The van der Waals surface area contributed by atoms with Crippen LogP contribution in [-0.4, -0.2) is 20.1 Å². The Kier molecular flexibility index (Phi) is 6.08. The number of sulfonamides is 1. The van der Waals surface area contributed by atoms with Crippen LogP contribution in [0.25, 0.3) is 0 Å². The first-order valence-electron chi connectivity index (χ1n) is 7.80. The maximum absolute atomic E-state index is 12.3. The number of rotatable bonds is 6. The van der Waals surface area contributed by atoms with Gasteiger partial charge in [0.05, 0.1) is 11.7 Å². The van der Waals surface area contributed by atoms with Crippen LogP contribution < -0.4 is 10.0 Å². The van der Waals surface area contributed by atoms with Gasteiger partial charge in [0.1, 0.15) is 0 Å². The van der Waals surface area contributed by atoms with Crippen LogP contribution in [0.15, 0.2) is 42.5 Å². The van der Waals surface area contributed by atoms with Gasteiger partial charge in [-0.15, -0.1) is 0 Å². The number of benzene rings is 2. The molecule has 0 saturated carbocycles. The highest BCUT2D eigenvalue weighted by molar-refractivity contribution is 7.92. The van der Waals surface area contributed by atoms with E-state index < -0.39 is 15.9 Å². The Bertz CT molecular complexity index is 864. The molecule has 1 atom stereocenters. The van der Waals surface area contributed by atoms with Crippen LogP contribution >= 0.6 is 11.6 Å². The summed E-state index contributed by atoms with van der Waals surface area (Å²) in [4.78, 5) is 12.3. The summed E-state index contributed by atoms with van der Waals surface area (Å²) < 4.78 is 27.0.